The molecule has 0 saturated carbocycles. The van der Waals surface area contributed by atoms with Crippen molar-refractivity contribution in [3.05, 3.63) is 0 Å². The Balaban J connectivity index is 2.22. The number of esters is 2. The molecule has 0 radical (unpaired) electrons. The highest BCUT2D eigenvalue weighted by Gasteiger charge is 2.33. The van der Waals surface area contributed by atoms with E-state index < -0.39 is 0 Å². The van der Waals surface area contributed by atoms with Gasteiger partial charge in [-0.3, -0.25) is 9.59 Å². The largest absolute Gasteiger partial charge is 0.392 e. The number of hydrogen-bond acceptors (Lipinski definition) is 4. The number of cyclic esters (lactones) is 2. The van der Waals surface area contributed by atoms with Gasteiger partial charge in [0.05, 0.1) is 6.42 Å². The van der Waals surface area contributed by atoms with Crippen molar-refractivity contribution in [2.24, 2.45) is 5.92 Å². The van der Waals surface area contributed by atoms with E-state index in [1.807, 2.05) is 0 Å². The molecule has 0 N–H and O–H groups in total. The summed E-state index contributed by atoms with van der Waals surface area (Å²) in [5, 5.41) is -0.244. The van der Waals surface area contributed by atoms with E-state index in [0.717, 1.165) is 12.2 Å². The molecule has 1 fully saturated rings. The molecule has 1 heterocycles. The first-order chi connectivity index (χ1) is 6.09. The van der Waals surface area contributed by atoms with Crippen molar-refractivity contribution in [2.45, 2.75) is 31.9 Å². The average molecular weight is 202 g/mol. The second kappa shape index (κ2) is 4.65. The molecule has 0 aliphatic carbocycles. The minimum absolute atomic E-state index is 0.244. The molecule has 3 nitrogen and oxygen atoms in total. The lowest BCUT2D eigenvalue weighted by Gasteiger charge is -2.05. The third-order valence-corrected chi connectivity index (χ3v) is 3.08. The van der Waals surface area contributed by atoms with Crippen molar-refractivity contribution in [1.82, 2.24) is 0 Å². The van der Waals surface area contributed by atoms with Crippen LogP contribution in [0.2, 0.25) is 0 Å². The summed E-state index contributed by atoms with van der Waals surface area (Å²) in [5.41, 5.74) is 0. The zero-order valence-electron chi connectivity index (χ0n) is 7.91. The zero-order chi connectivity index (χ0) is 9.84. The molecule has 1 aliphatic rings. The van der Waals surface area contributed by atoms with Crippen LogP contribution in [-0.2, 0) is 14.3 Å². The van der Waals surface area contributed by atoms with Gasteiger partial charge in [0.15, 0.2) is 0 Å². The number of ether oxygens (including phenoxy) is 1. The Hall–Kier alpha value is -0.510. The summed E-state index contributed by atoms with van der Waals surface area (Å²) >= 11 is 1.53. The SMILES string of the molecule is CC(C)CCSC1CC(=O)OC1=O. The fourth-order valence-corrected chi connectivity index (χ4v) is 2.36. The second-order valence-electron chi connectivity index (χ2n) is 3.54. The van der Waals surface area contributed by atoms with Gasteiger partial charge in [-0.2, -0.15) is 0 Å². The molecular formula is C9H14O3S. The van der Waals surface area contributed by atoms with Crippen LogP contribution < -0.4 is 0 Å². The molecule has 74 valence electrons. The fourth-order valence-electron chi connectivity index (χ4n) is 1.03. The van der Waals surface area contributed by atoms with E-state index in [-0.39, 0.29) is 23.6 Å². The summed E-state index contributed by atoms with van der Waals surface area (Å²) in [6.45, 7) is 4.28. The Bertz CT molecular complexity index is 213. The third-order valence-electron chi connectivity index (χ3n) is 1.84. The van der Waals surface area contributed by atoms with E-state index in [0.29, 0.717) is 5.92 Å². The number of carbonyl (C=O) groups is 2. The number of hydrogen-bond donors (Lipinski definition) is 0. The maximum atomic E-state index is 11.0. The van der Waals surface area contributed by atoms with Crippen molar-refractivity contribution in [1.29, 1.82) is 0 Å². The standard InChI is InChI=1S/C9H14O3S/c1-6(2)3-4-13-7-5-8(10)12-9(7)11/h6-7H,3-5H2,1-2H3. The van der Waals surface area contributed by atoms with Gasteiger partial charge >= 0.3 is 11.9 Å². The first-order valence-corrected chi connectivity index (χ1v) is 5.50. The molecule has 1 unspecified atom stereocenters. The van der Waals surface area contributed by atoms with E-state index >= 15 is 0 Å². The fraction of sp³-hybridized carbons (Fsp3) is 0.778. The van der Waals surface area contributed by atoms with Crippen LogP contribution >= 0.6 is 11.8 Å². The number of thioether (sulfide) groups is 1. The van der Waals surface area contributed by atoms with Crippen molar-refractivity contribution in [3.63, 3.8) is 0 Å². The zero-order valence-corrected chi connectivity index (χ0v) is 8.73. The van der Waals surface area contributed by atoms with Gasteiger partial charge < -0.3 is 4.74 Å². The normalized spacial score (nSPS) is 22.5. The Labute approximate surface area is 82.2 Å². The smallest absolute Gasteiger partial charge is 0.327 e. The maximum absolute atomic E-state index is 11.0. The van der Waals surface area contributed by atoms with Crippen LogP contribution in [0.1, 0.15) is 26.7 Å². The second-order valence-corrected chi connectivity index (χ2v) is 4.85. The summed E-state index contributed by atoms with van der Waals surface area (Å²) in [7, 11) is 0. The summed E-state index contributed by atoms with van der Waals surface area (Å²) in [4.78, 5) is 21.7. The number of carbonyl (C=O) groups excluding carboxylic acids is 2. The van der Waals surface area contributed by atoms with Crippen molar-refractivity contribution in [2.75, 3.05) is 5.75 Å². The summed E-state index contributed by atoms with van der Waals surface area (Å²) in [6.07, 6.45) is 1.32. The maximum Gasteiger partial charge on any atom is 0.327 e. The predicted octanol–water partition coefficient (Wildman–Crippen LogP) is 1.61. The Morgan fingerprint density at radius 1 is 1.54 bits per heavy atom. The lowest BCUT2D eigenvalue weighted by Crippen LogP contribution is -2.10. The molecule has 1 aliphatic heterocycles. The molecule has 0 aromatic carbocycles. The Morgan fingerprint density at radius 3 is 2.69 bits per heavy atom. The highest BCUT2D eigenvalue weighted by molar-refractivity contribution is 8.00. The van der Waals surface area contributed by atoms with E-state index in [2.05, 4.69) is 18.6 Å². The summed E-state index contributed by atoms with van der Waals surface area (Å²) in [6, 6.07) is 0. The van der Waals surface area contributed by atoms with E-state index in [9.17, 15) is 9.59 Å². The highest BCUT2D eigenvalue weighted by atomic mass is 32.2. The molecule has 4 heteroatoms. The number of rotatable bonds is 4. The van der Waals surface area contributed by atoms with Crippen LogP contribution in [0.5, 0.6) is 0 Å². The van der Waals surface area contributed by atoms with Crippen LogP contribution in [0, 0.1) is 5.92 Å². The van der Waals surface area contributed by atoms with Crippen molar-refractivity contribution in [3.8, 4) is 0 Å². The van der Waals surface area contributed by atoms with E-state index in [1.165, 1.54) is 11.8 Å². The van der Waals surface area contributed by atoms with Crippen LogP contribution in [0.25, 0.3) is 0 Å². The molecule has 13 heavy (non-hydrogen) atoms. The first kappa shape index (κ1) is 10.6. The van der Waals surface area contributed by atoms with Crippen LogP contribution in [0.3, 0.4) is 0 Å². The molecule has 1 atom stereocenters. The first-order valence-electron chi connectivity index (χ1n) is 4.45. The van der Waals surface area contributed by atoms with E-state index in [4.69, 9.17) is 0 Å². The third kappa shape index (κ3) is 3.38. The average Bonchev–Trinajstić information content (AvgIpc) is 2.29. The van der Waals surface area contributed by atoms with Gasteiger partial charge in [0, 0.05) is 0 Å². The Kier molecular flexibility index (Phi) is 3.78. The predicted molar refractivity (Wildman–Crippen MR) is 51.4 cm³/mol. The van der Waals surface area contributed by atoms with Gasteiger partial charge in [-0.05, 0) is 18.1 Å². The monoisotopic (exact) mass is 202 g/mol. The van der Waals surface area contributed by atoms with Crippen LogP contribution in [-0.4, -0.2) is 22.9 Å². The van der Waals surface area contributed by atoms with Gasteiger partial charge in [0.2, 0.25) is 0 Å². The van der Waals surface area contributed by atoms with Gasteiger partial charge in [0.25, 0.3) is 0 Å². The molecule has 1 rings (SSSR count). The minimum Gasteiger partial charge on any atom is -0.392 e. The Morgan fingerprint density at radius 2 is 2.23 bits per heavy atom. The van der Waals surface area contributed by atoms with Gasteiger partial charge in [0.1, 0.15) is 5.25 Å². The lowest BCUT2D eigenvalue weighted by molar-refractivity contribution is -0.151. The molecule has 1 saturated heterocycles. The van der Waals surface area contributed by atoms with Gasteiger partial charge in [-0.1, -0.05) is 13.8 Å². The molecule has 0 aromatic rings. The molecule has 0 amide bonds. The highest BCUT2D eigenvalue weighted by Crippen LogP contribution is 2.24. The molecule has 0 spiro atoms. The van der Waals surface area contributed by atoms with Crippen molar-refractivity contribution < 1.29 is 14.3 Å². The molecular weight excluding hydrogens is 188 g/mol. The summed E-state index contributed by atoms with van der Waals surface area (Å²) in [5.74, 6) is 0.816. The quantitative estimate of drug-likeness (QED) is 0.513. The minimum atomic E-state index is -0.382. The van der Waals surface area contributed by atoms with Crippen molar-refractivity contribution >= 4 is 23.7 Å². The molecule has 0 aromatic heterocycles. The topological polar surface area (TPSA) is 43.4 Å². The van der Waals surface area contributed by atoms with Gasteiger partial charge in [-0.15, -0.1) is 11.8 Å². The lowest BCUT2D eigenvalue weighted by atomic mass is 10.2. The molecule has 0 bridgehead atoms. The summed E-state index contributed by atoms with van der Waals surface area (Å²) < 4.78 is 4.43. The van der Waals surface area contributed by atoms with Crippen LogP contribution in [0.4, 0.5) is 0 Å². The van der Waals surface area contributed by atoms with Gasteiger partial charge in [-0.25, -0.2) is 0 Å². The van der Waals surface area contributed by atoms with Crippen LogP contribution in [0.15, 0.2) is 0 Å². The van der Waals surface area contributed by atoms with E-state index in [1.54, 1.807) is 0 Å².